The zero-order valence-corrected chi connectivity index (χ0v) is 34.8. The minimum absolute atomic E-state index is 0.0790. The first-order chi connectivity index (χ1) is 31.7. The van der Waals surface area contributed by atoms with Crippen molar-refractivity contribution in [3.63, 3.8) is 0 Å². The minimum atomic E-state index is -0.351. The van der Waals surface area contributed by atoms with Crippen molar-refractivity contribution in [2.45, 2.75) is 18.4 Å². The summed E-state index contributed by atoms with van der Waals surface area (Å²) in [6, 6.07) is 64.2. The summed E-state index contributed by atoms with van der Waals surface area (Å²) in [6.45, 7) is 0. The topological polar surface area (TPSA) is 61.3 Å². The summed E-state index contributed by atoms with van der Waals surface area (Å²) in [5, 5.41) is 23.9. The lowest BCUT2D eigenvalue weighted by Crippen LogP contribution is -2.45. The Morgan fingerprint density at radius 2 is 1.17 bits per heavy atom. The third-order valence-electron chi connectivity index (χ3n) is 13.4. The Kier molecular flexibility index (Phi) is 8.43. The molecule has 1 aromatic heterocycles. The first-order valence-corrected chi connectivity index (χ1v) is 22.1. The van der Waals surface area contributed by atoms with Crippen molar-refractivity contribution in [3.05, 3.63) is 245 Å². The number of nitrogens with zero attached hydrogens (tertiary/aromatic N) is 2. The van der Waals surface area contributed by atoms with Crippen molar-refractivity contribution in [3.8, 4) is 22.3 Å². The number of aliphatic imine (C=N–C) groups is 1. The second-order valence-electron chi connectivity index (χ2n) is 17.0. The number of hydrogen-bond donors (Lipinski definition) is 3. The van der Waals surface area contributed by atoms with Crippen molar-refractivity contribution >= 4 is 60.2 Å². The number of amidine groups is 1. The summed E-state index contributed by atoms with van der Waals surface area (Å²) in [5.41, 5.74) is 11.4. The number of nitrogens with one attached hydrogen (secondary N) is 3. The first-order valence-electron chi connectivity index (χ1n) is 22.1. The molecular formula is C59H41N5. The third kappa shape index (κ3) is 5.97. The Morgan fingerprint density at radius 3 is 2.02 bits per heavy atom. The first kappa shape index (κ1) is 36.5. The van der Waals surface area contributed by atoms with Crippen LogP contribution < -0.4 is 26.4 Å². The van der Waals surface area contributed by atoms with Crippen LogP contribution in [0.4, 0.5) is 0 Å². The van der Waals surface area contributed by atoms with Gasteiger partial charge in [0.2, 0.25) is 0 Å². The molecule has 9 aromatic carbocycles. The van der Waals surface area contributed by atoms with E-state index in [1.807, 2.05) is 12.4 Å². The molecule has 3 aliphatic rings. The quantitative estimate of drug-likeness (QED) is 0.146. The van der Waals surface area contributed by atoms with Gasteiger partial charge in [0.05, 0.1) is 11.7 Å². The average Bonchev–Trinajstić information content (AvgIpc) is 3.37. The van der Waals surface area contributed by atoms with Crippen LogP contribution in [0.3, 0.4) is 0 Å². The second-order valence-corrected chi connectivity index (χ2v) is 17.0. The van der Waals surface area contributed by atoms with Crippen LogP contribution in [0.15, 0.2) is 218 Å². The molecule has 0 bridgehead atoms. The molecule has 1 aliphatic carbocycles. The molecule has 5 nitrogen and oxygen atoms in total. The molecule has 302 valence electrons. The van der Waals surface area contributed by atoms with Crippen LogP contribution in [0.25, 0.3) is 76.6 Å². The van der Waals surface area contributed by atoms with Gasteiger partial charge in [-0.25, -0.2) is 4.99 Å². The molecule has 3 heterocycles. The maximum atomic E-state index is 5.46. The van der Waals surface area contributed by atoms with Gasteiger partial charge in [0, 0.05) is 28.7 Å². The predicted octanol–water partition coefficient (Wildman–Crippen LogP) is 11.2. The molecule has 0 amide bonds. The SMILES string of the molecule is C1=CC2=c3ccncc3=C(c3cccc4c(-c5cc(-c6cc7cccc8ccc9cccc6c9c87)cc(C6N=C(c7ccccc7)NC(c7ccccc7)N6)c5)cccc34)NC2C=C1. The van der Waals surface area contributed by atoms with Crippen LogP contribution in [-0.4, -0.2) is 16.9 Å². The Bertz CT molecular complexity index is 3720. The van der Waals surface area contributed by atoms with Gasteiger partial charge in [-0.2, -0.15) is 0 Å². The van der Waals surface area contributed by atoms with Gasteiger partial charge in [-0.3, -0.25) is 10.3 Å². The number of rotatable bonds is 6. The van der Waals surface area contributed by atoms with Gasteiger partial charge in [-0.15, -0.1) is 0 Å². The number of allylic oxidation sites excluding steroid dienone is 2. The zero-order valence-electron chi connectivity index (χ0n) is 34.8. The molecule has 5 heteroatoms. The van der Waals surface area contributed by atoms with Crippen LogP contribution in [-0.2, 0) is 0 Å². The molecule has 0 saturated carbocycles. The van der Waals surface area contributed by atoms with E-state index in [4.69, 9.17) is 4.99 Å². The van der Waals surface area contributed by atoms with Gasteiger partial charge < -0.3 is 10.6 Å². The molecule has 2 aliphatic heterocycles. The number of aromatic nitrogens is 1. The fraction of sp³-hybridized carbons (Fsp3) is 0.0508. The van der Waals surface area contributed by atoms with Crippen molar-refractivity contribution in [2.24, 2.45) is 4.99 Å². The summed E-state index contributed by atoms with van der Waals surface area (Å²) in [4.78, 5) is 10.1. The van der Waals surface area contributed by atoms with Crippen LogP contribution >= 0.6 is 0 Å². The highest BCUT2D eigenvalue weighted by molar-refractivity contribution is 6.26. The Morgan fingerprint density at radius 1 is 0.469 bits per heavy atom. The van der Waals surface area contributed by atoms with E-state index in [0.29, 0.717) is 0 Å². The molecule has 0 fully saturated rings. The lowest BCUT2D eigenvalue weighted by molar-refractivity contribution is 0.409. The van der Waals surface area contributed by atoms with E-state index >= 15 is 0 Å². The van der Waals surface area contributed by atoms with Gasteiger partial charge in [0.25, 0.3) is 0 Å². The lowest BCUT2D eigenvalue weighted by atomic mass is 9.86. The molecule has 3 N–H and O–H groups in total. The number of benzene rings is 9. The average molecular weight is 820 g/mol. The van der Waals surface area contributed by atoms with Crippen LogP contribution in [0.1, 0.15) is 34.6 Å². The molecule has 3 unspecified atom stereocenters. The highest BCUT2D eigenvalue weighted by Gasteiger charge is 2.27. The summed E-state index contributed by atoms with van der Waals surface area (Å²) < 4.78 is 0. The molecule has 3 atom stereocenters. The Hall–Kier alpha value is -8.12. The van der Waals surface area contributed by atoms with Gasteiger partial charge in [0.15, 0.2) is 0 Å². The van der Waals surface area contributed by atoms with E-state index in [-0.39, 0.29) is 18.4 Å². The molecule has 0 saturated heterocycles. The maximum Gasteiger partial charge on any atom is 0.131 e. The van der Waals surface area contributed by atoms with E-state index in [1.165, 1.54) is 59.4 Å². The standard InChI is InChI=1S/C59H41N5/c1-3-13-38(14-4-1)57-62-58(39-15-5-2-6-16-39)64-59(63-57)43-32-41(31-42(33-43)51-34-40-19-9-17-36-27-28-37-18-10-24-49(51)55(37)54(36)40)44-21-11-23-46-45(44)22-12-25-50(46)56-52-35-60-30-29-47(52)48-20-7-8-26-53(48)61-56/h1-35,53,57,59,61,63H,(H,62,64). The Balaban J connectivity index is 1.05. The van der Waals surface area contributed by atoms with Crippen molar-refractivity contribution in [1.82, 2.24) is 20.9 Å². The maximum absolute atomic E-state index is 5.46. The monoisotopic (exact) mass is 819 g/mol. The van der Waals surface area contributed by atoms with Gasteiger partial charge in [0.1, 0.15) is 18.2 Å². The fourth-order valence-corrected chi connectivity index (χ4v) is 10.4. The second kappa shape index (κ2) is 14.8. The largest absolute Gasteiger partial charge is 0.374 e. The zero-order chi connectivity index (χ0) is 42.1. The smallest absolute Gasteiger partial charge is 0.131 e. The molecule has 0 radical (unpaired) electrons. The molecule has 64 heavy (non-hydrogen) atoms. The van der Waals surface area contributed by atoms with Crippen molar-refractivity contribution < 1.29 is 0 Å². The Labute approximate surface area is 370 Å². The number of hydrogen-bond acceptors (Lipinski definition) is 5. The lowest BCUT2D eigenvalue weighted by Gasteiger charge is -2.32. The number of fused-ring (bicyclic) bond motifs is 3. The van der Waals surface area contributed by atoms with E-state index in [2.05, 4.69) is 221 Å². The van der Waals surface area contributed by atoms with Gasteiger partial charge in [-0.05, 0) is 118 Å². The van der Waals surface area contributed by atoms with Crippen LogP contribution in [0.5, 0.6) is 0 Å². The molecule has 13 rings (SSSR count). The van der Waals surface area contributed by atoms with E-state index in [1.54, 1.807) is 0 Å². The summed E-state index contributed by atoms with van der Waals surface area (Å²) in [5.74, 6) is 0.859. The summed E-state index contributed by atoms with van der Waals surface area (Å²) in [6.07, 6.45) is 12.1. The normalized spacial score (nSPS) is 17.9. The summed E-state index contributed by atoms with van der Waals surface area (Å²) >= 11 is 0. The predicted molar refractivity (Wildman–Crippen MR) is 264 cm³/mol. The molecule has 0 spiro atoms. The van der Waals surface area contributed by atoms with Gasteiger partial charge >= 0.3 is 0 Å². The third-order valence-corrected chi connectivity index (χ3v) is 13.4. The number of pyridine rings is 1. The molecule has 10 aromatic rings. The van der Waals surface area contributed by atoms with Gasteiger partial charge in [-0.1, -0.05) is 170 Å². The highest BCUT2D eigenvalue weighted by Crippen LogP contribution is 2.43. The van der Waals surface area contributed by atoms with Crippen LogP contribution in [0.2, 0.25) is 0 Å². The van der Waals surface area contributed by atoms with Crippen LogP contribution in [0, 0.1) is 0 Å². The van der Waals surface area contributed by atoms with E-state index < -0.39 is 0 Å². The minimum Gasteiger partial charge on any atom is -0.374 e. The molecular weight excluding hydrogens is 779 g/mol. The van der Waals surface area contributed by atoms with Crippen molar-refractivity contribution in [1.29, 1.82) is 0 Å². The fourth-order valence-electron chi connectivity index (χ4n) is 10.4. The highest BCUT2D eigenvalue weighted by atomic mass is 15.3. The summed E-state index contributed by atoms with van der Waals surface area (Å²) in [7, 11) is 0. The van der Waals surface area contributed by atoms with E-state index in [9.17, 15) is 0 Å². The van der Waals surface area contributed by atoms with Crippen molar-refractivity contribution in [2.75, 3.05) is 0 Å². The van der Waals surface area contributed by atoms with E-state index in [0.717, 1.165) is 55.7 Å².